The molecule has 1 N–H and O–H groups in total. The van der Waals surface area contributed by atoms with Crippen molar-refractivity contribution in [1.29, 1.82) is 0 Å². The first-order valence-corrected chi connectivity index (χ1v) is 9.01. The molecule has 0 spiro atoms. The molecule has 0 aliphatic heterocycles. The highest BCUT2D eigenvalue weighted by atomic mass is 79.9. The number of hydrazone groups is 1. The average Bonchev–Trinajstić information content (AvgIpc) is 2.64. The van der Waals surface area contributed by atoms with Gasteiger partial charge in [-0.15, -0.1) is 0 Å². The summed E-state index contributed by atoms with van der Waals surface area (Å²) in [6.45, 7) is 1.81. The van der Waals surface area contributed by atoms with Crippen LogP contribution in [0.5, 0.6) is 0 Å². The van der Waals surface area contributed by atoms with E-state index in [2.05, 4.69) is 42.4 Å². The van der Waals surface area contributed by atoms with Gasteiger partial charge in [-0.1, -0.05) is 31.9 Å². The van der Waals surface area contributed by atoms with Gasteiger partial charge in [-0.25, -0.2) is 5.43 Å². The number of carbonyl (C=O) groups excluding carboxylic acids is 1. The Labute approximate surface area is 178 Å². The summed E-state index contributed by atoms with van der Waals surface area (Å²) < 4.78 is 1.28. The van der Waals surface area contributed by atoms with Crippen molar-refractivity contribution in [3.8, 4) is 0 Å². The van der Waals surface area contributed by atoms with Crippen LogP contribution in [0, 0.1) is 37.3 Å². The van der Waals surface area contributed by atoms with Crippen LogP contribution in [0.4, 0.5) is 17.1 Å². The van der Waals surface area contributed by atoms with Gasteiger partial charge in [0.15, 0.2) is 5.56 Å². The smallest absolute Gasteiger partial charge is 0.267 e. The molecule has 0 saturated heterocycles. The second kappa shape index (κ2) is 8.83. The van der Waals surface area contributed by atoms with Gasteiger partial charge in [0.1, 0.15) is 0 Å². The Hall–Kier alpha value is -3.26. The molecule has 12 nitrogen and oxygen atoms in total. The van der Waals surface area contributed by atoms with Gasteiger partial charge in [0, 0.05) is 14.5 Å². The molecular weight excluding hydrogens is 522 g/mol. The molecule has 0 fully saturated rings. The Morgan fingerprint density at radius 3 is 1.86 bits per heavy atom. The first-order valence-electron chi connectivity index (χ1n) is 7.43. The summed E-state index contributed by atoms with van der Waals surface area (Å²) in [6, 6.07) is 4.18. The summed E-state index contributed by atoms with van der Waals surface area (Å²) in [5.41, 5.74) is -0.0734. The zero-order valence-corrected chi connectivity index (χ0v) is 17.5. The van der Waals surface area contributed by atoms with E-state index < -0.39 is 43.3 Å². The number of rotatable bonds is 6. The summed E-state index contributed by atoms with van der Waals surface area (Å²) in [5, 5.41) is 36.8. The van der Waals surface area contributed by atoms with Crippen LogP contribution < -0.4 is 5.43 Å². The highest BCUT2D eigenvalue weighted by Gasteiger charge is 2.29. The minimum atomic E-state index is -1.02. The second-order valence-electron chi connectivity index (χ2n) is 5.43. The molecule has 0 aliphatic rings. The van der Waals surface area contributed by atoms with Gasteiger partial charge in [0.25, 0.3) is 23.0 Å². The van der Waals surface area contributed by atoms with Crippen LogP contribution in [0.3, 0.4) is 0 Å². The van der Waals surface area contributed by atoms with E-state index in [4.69, 9.17) is 0 Å². The van der Waals surface area contributed by atoms with Gasteiger partial charge >= 0.3 is 0 Å². The van der Waals surface area contributed by atoms with Crippen molar-refractivity contribution < 1.29 is 19.6 Å². The number of nitro groups is 3. The molecule has 150 valence electrons. The molecule has 2 aromatic rings. The van der Waals surface area contributed by atoms with Crippen molar-refractivity contribution in [3.63, 3.8) is 0 Å². The quantitative estimate of drug-likeness (QED) is 0.333. The summed E-state index contributed by atoms with van der Waals surface area (Å²) in [4.78, 5) is 42.4. The summed E-state index contributed by atoms with van der Waals surface area (Å²) in [5.74, 6) is -0.685. The topological polar surface area (TPSA) is 171 Å². The molecule has 0 heterocycles. The van der Waals surface area contributed by atoms with E-state index in [0.717, 1.165) is 5.56 Å². The summed E-state index contributed by atoms with van der Waals surface area (Å²) in [6.07, 6.45) is 0.691. The number of benzene rings is 2. The molecule has 29 heavy (non-hydrogen) atoms. The highest BCUT2D eigenvalue weighted by Crippen LogP contribution is 2.32. The molecule has 0 atom stereocenters. The van der Waals surface area contributed by atoms with Gasteiger partial charge < -0.3 is 0 Å². The maximum Gasteiger partial charge on any atom is 0.292 e. The monoisotopic (exact) mass is 529 g/mol. The van der Waals surface area contributed by atoms with Crippen molar-refractivity contribution in [2.45, 2.75) is 6.92 Å². The summed E-state index contributed by atoms with van der Waals surface area (Å²) in [7, 11) is 0. The van der Waals surface area contributed by atoms with E-state index >= 15 is 0 Å². The van der Waals surface area contributed by atoms with E-state index in [1.807, 2.05) is 0 Å². The number of amides is 1. The second-order valence-corrected chi connectivity index (χ2v) is 7.14. The minimum Gasteiger partial charge on any atom is -0.267 e. The zero-order valence-electron chi connectivity index (χ0n) is 14.3. The lowest BCUT2D eigenvalue weighted by Crippen LogP contribution is -2.18. The van der Waals surface area contributed by atoms with Crippen LogP contribution in [0.25, 0.3) is 0 Å². The zero-order chi connectivity index (χ0) is 21.9. The number of hydrogen-bond acceptors (Lipinski definition) is 8. The predicted octanol–water partition coefficient (Wildman–Crippen LogP) is 4.01. The lowest BCUT2D eigenvalue weighted by Gasteiger charge is -2.06. The van der Waals surface area contributed by atoms with E-state index in [-0.39, 0.29) is 5.56 Å². The highest BCUT2D eigenvalue weighted by molar-refractivity contribution is 9.11. The Morgan fingerprint density at radius 1 is 0.966 bits per heavy atom. The molecule has 0 saturated carbocycles. The molecule has 14 heteroatoms. The van der Waals surface area contributed by atoms with Crippen LogP contribution in [0.2, 0.25) is 0 Å². The Bertz CT molecular complexity index is 1030. The van der Waals surface area contributed by atoms with Crippen LogP contribution in [-0.2, 0) is 0 Å². The summed E-state index contributed by atoms with van der Waals surface area (Å²) >= 11 is 6.57. The fourth-order valence-electron chi connectivity index (χ4n) is 2.14. The number of non-ortho nitro benzene ring substituents is 1. The standard InChI is InChI=1S/C15H9Br2N5O7/c1-7-11(16)2-8(3-12(7)17)15(23)19-18-6-10-13(21(26)27)4-9(20(24)25)5-14(10)22(28)29/h2-6H,1H3,(H,19,23). The van der Waals surface area contributed by atoms with E-state index in [0.29, 0.717) is 27.3 Å². The fourth-order valence-corrected chi connectivity index (χ4v) is 3.33. The lowest BCUT2D eigenvalue weighted by molar-refractivity contribution is -0.403. The molecule has 0 bridgehead atoms. The maximum atomic E-state index is 12.2. The number of hydrogen-bond donors (Lipinski definition) is 1. The largest absolute Gasteiger partial charge is 0.292 e. The number of nitrogens with zero attached hydrogens (tertiary/aromatic N) is 4. The Morgan fingerprint density at radius 2 is 1.45 bits per heavy atom. The van der Waals surface area contributed by atoms with Crippen molar-refractivity contribution in [2.24, 2.45) is 5.10 Å². The molecule has 0 aromatic heterocycles. The van der Waals surface area contributed by atoms with Crippen molar-refractivity contribution in [1.82, 2.24) is 5.43 Å². The lowest BCUT2D eigenvalue weighted by atomic mass is 10.1. The third kappa shape index (κ3) is 4.97. The Balaban J connectivity index is 2.41. The van der Waals surface area contributed by atoms with Gasteiger partial charge in [-0.2, -0.15) is 5.10 Å². The van der Waals surface area contributed by atoms with E-state index in [1.54, 1.807) is 6.92 Å². The number of halogens is 2. The number of carbonyl (C=O) groups is 1. The maximum absolute atomic E-state index is 12.2. The molecule has 2 aromatic carbocycles. The molecule has 0 radical (unpaired) electrons. The molecule has 0 unspecified atom stereocenters. The number of nitrogens with one attached hydrogen (secondary N) is 1. The third-order valence-electron chi connectivity index (χ3n) is 3.63. The van der Waals surface area contributed by atoms with Crippen molar-refractivity contribution >= 4 is 61.0 Å². The van der Waals surface area contributed by atoms with Crippen LogP contribution in [0.1, 0.15) is 21.5 Å². The fraction of sp³-hybridized carbons (Fsp3) is 0.0667. The SMILES string of the molecule is Cc1c(Br)cc(C(=O)NN=Cc2c([N+](=O)[O-])cc([N+](=O)[O-])cc2[N+](=O)[O-])cc1Br. The van der Waals surface area contributed by atoms with Gasteiger partial charge in [-0.3, -0.25) is 35.1 Å². The van der Waals surface area contributed by atoms with Crippen LogP contribution in [-0.4, -0.2) is 26.9 Å². The van der Waals surface area contributed by atoms with Gasteiger partial charge in [0.05, 0.1) is 33.1 Å². The Kier molecular flexibility index (Phi) is 6.71. The molecule has 1 amide bonds. The van der Waals surface area contributed by atoms with E-state index in [9.17, 15) is 35.1 Å². The van der Waals surface area contributed by atoms with Crippen LogP contribution in [0.15, 0.2) is 38.3 Å². The minimum absolute atomic E-state index is 0.194. The van der Waals surface area contributed by atoms with E-state index in [1.165, 1.54) is 12.1 Å². The predicted molar refractivity (Wildman–Crippen MR) is 108 cm³/mol. The van der Waals surface area contributed by atoms with Gasteiger partial charge in [0.2, 0.25) is 0 Å². The number of nitro benzene ring substituents is 3. The van der Waals surface area contributed by atoms with Gasteiger partial charge in [-0.05, 0) is 24.6 Å². The normalized spacial score (nSPS) is 10.7. The third-order valence-corrected chi connectivity index (χ3v) is 5.28. The molecule has 2 rings (SSSR count). The average molecular weight is 531 g/mol. The molecule has 0 aliphatic carbocycles. The first-order chi connectivity index (χ1) is 13.5. The van der Waals surface area contributed by atoms with Crippen molar-refractivity contribution in [2.75, 3.05) is 0 Å². The first kappa shape index (κ1) is 22.0. The van der Waals surface area contributed by atoms with Crippen molar-refractivity contribution in [3.05, 3.63) is 80.2 Å². The van der Waals surface area contributed by atoms with Crippen LogP contribution >= 0.6 is 31.9 Å². The molecular formula is C15H9Br2N5O7.